The predicted octanol–water partition coefficient (Wildman–Crippen LogP) is 3.13. The zero-order valence-corrected chi connectivity index (χ0v) is 13.6. The van der Waals surface area contributed by atoms with Crippen molar-refractivity contribution in [3.63, 3.8) is 0 Å². The Morgan fingerprint density at radius 3 is 2.52 bits per heavy atom. The first-order valence-corrected chi connectivity index (χ1v) is 7.45. The van der Waals surface area contributed by atoms with E-state index in [1.54, 1.807) is 6.92 Å². The van der Waals surface area contributed by atoms with Gasteiger partial charge in [-0.3, -0.25) is 5.43 Å². The Bertz CT molecular complexity index is 682. The van der Waals surface area contributed by atoms with Crippen LogP contribution in [-0.2, 0) is 9.53 Å². The van der Waals surface area contributed by atoms with Gasteiger partial charge >= 0.3 is 5.97 Å². The van der Waals surface area contributed by atoms with E-state index in [-0.39, 0.29) is 5.71 Å². The molecule has 5 heteroatoms. The Morgan fingerprint density at radius 2 is 1.87 bits per heavy atom. The number of hydrogen-bond acceptors (Lipinski definition) is 5. The summed E-state index contributed by atoms with van der Waals surface area (Å²) in [6, 6.07) is 17.1. The van der Waals surface area contributed by atoms with Crippen LogP contribution in [0.15, 0.2) is 59.7 Å². The van der Waals surface area contributed by atoms with E-state index in [0.29, 0.717) is 12.2 Å². The molecule has 0 aliphatic carbocycles. The molecule has 23 heavy (non-hydrogen) atoms. The van der Waals surface area contributed by atoms with E-state index in [1.807, 2.05) is 73.6 Å². The monoisotopic (exact) mass is 311 g/mol. The number of para-hydroxylation sites is 1. The largest absolute Gasteiger partial charge is 0.461 e. The van der Waals surface area contributed by atoms with Gasteiger partial charge in [-0.1, -0.05) is 30.3 Å². The fourth-order valence-corrected chi connectivity index (χ4v) is 1.99. The molecule has 0 aliphatic heterocycles. The highest BCUT2D eigenvalue weighted by atomic mass is 16.5. The Balaban J connectivity index is 2.34. The molecule has 0 saturated heterocycles. The molecule has 0 amide bonds. The number of ether oxygens (including phenoxy) is 1. The zero-order chi connectivity index (χ0) is 16.7. The number of rotatable bonds is 6. The van der Waals surface area contributed by atoms with Crippen LogP contribution in [0, 0.1) is 0 Å². The maximum absolute atomic E-state index is 12.2. The van der Waals surface area contributed by atoms with Gasteiger partial charge in [-0.05, 0) is 31.2 Å². The molecule has 0 saturated carbocycles. The normalized spacial score (nSPS) is 11.0. The van der Waals surface area contributed by atoms with Crippen LogP contribution in [-0.4, -0.2) is 32.4 Å². The lowest BCUT2D eigenvalue weighted by Crippen LogP contribution is -2.21. The number of nitrogens with one attached hydrogen (secondary N) is 1. The molecule has 2 aromatic carbocycles. The van der Waals surface area contributed by atoms with Gasteiger partial charge in [0.25, 0.3) is 0 Å². The minimum absolute atomic E-state index is 0.249. The van der Waals surface area contributed by atoms with Gasteiger partial charge in [0.1, 0.15) is 0 Å². The Kier molecular flexibility index (Phi) is 5.74. The first-order valence-electron chi connectivity index (χ1n) is 7.45. The SMILES string of the molecule is CCOC(=O)/C(=N\Nc1ccccc1)c1cccc(N(C)C)c1. The summed E-state index contributed by atoms with van der Waals surface area (Å²) < 4.78 is 5.12. The van der Waals surface area contributed by atoms with Gasteiger partial charge in [-0.15, -0.1) is 0 Å². The maximum Gasteiger partial charge on any atom is 0.359 e. The van der Waals surface area contributed by atoms with Crippen LogP contribution in [0.3, 0.4) is 0 Å². The second-order valence-corrected chi connectivity index (χ2v) is 5.10. The molecule has 5 nitrogen and oxygen atoms in total. The van der Waals surface area contributed by atoms with Gasteiger partial charge in [0.15, 0.2) is 5.71 Å². The summed E-state index contributed by atoms with van der Waals surface area (Å²) in [7, 11) is 3.89. The third-order valence-corrected chi connectivity index (χ3v) is 3.18. The number of esters is 1. The highest BCUT2D eigenvalue weighted by Gasteiger charge is 2.16. The Morgan fingerprint density at radius 1 is 1.13 bits per heavy atom. The molecular formula is C18H21N3O2. The summed E-state index contributed by atoms with van der Waals surface area (Å²) in [6.45, 7) is 2.08. The molecule has 0 aromatic heterocycles. The van der Waals surface area contributed by atoms with E-state index in [9.17, 15) is 4.79 Å². The minimum Gasteiger partial charge on any atom is -0.461 e. The molecule has 0 heterocycles. The standard InChI is InChI=1S/C18H21N3O2/c1-4-23-18(22)17(20-19-15-10-6-5-7-11-15)14-9-8-12-16(13-14)21(2)3/h5-13,19H,4H2,1-3H3/b20-17-. The molecule has 0 fully saturated rings. The van der Waals surface area contributed by atoms with Crippen LogP contribution in [0.1, 0.15) is 12.5 Å². The molecule has 0 atom stereocenters. The third-order valence-electron chi connectivity index (χ3n) is 3.18. The van der Waals surface area contributed by atoms with Crippen molar-refractivity contribution < 1.29 is 9.53 Å². The van der Waals surface area contributed by atoms with Gasteiger partial charge in [0.2, 0.25) is 0 Å². The second kappa shape index (κ2) is 7.98. The topological polar surface area (TPSA) is 53.9 Å². The number of carbonyl (C=O) groups excluding carboxylic acids is 1. The molecule has 2 rings (SSSR count). The van der Waals surface area contributed by atoms with Gasteiger partial charge < -0.3 is 9.64 Å². The van der Waals surface area contributed by atoms with Gasteiger partial charge in [-0.25, -0.2) is 4.79 Å². The average molecular weight is 311 g/mol. The minimum atomic E-state index is -0.452. The smallest absolute Gasteiger partial charge is 0.359 e. The molecular weight excluding hydrogens is 290 g/mol. The van der Waals surface area contributed by atoms with Gasteiger partial charge in [-0.2, -0.15) is 5.10 Å². The highest BCUT2D eigenvalue weighted by Crippen LogP contribution is 2.15. The molecule has 0 bridgehead atoms. The lowest BCUT2D eigenvalue weighted by molar-refractivity contribution is -0.134. The summed E-state index contributed by atoms with van der Waals surface area (Å²) in [5.74, 6) is -0.452. The van der Waals surface area contributed by atoms with Crippen molar-refractivity contribution in [3.8, 4) is 0 Å². The lowest BCUT2D eigenvalue weighted by Gasteiger charge is -2.14. The number of anilines is 2. The van der Waals surface area contributed by atoms with Crippen molar-refractivity contribution in [2.45, 2.75) is 6.92 Å². The fourth-order valence-electron chi connectivity index (χ4n) is 1.99. The van der Waals surface area contributed by atoms with E-state index in [1.165, 1.54) is 0 Å². The van der Waals surface area contributed by atoms with Gasteiger partial charge in [0, 0.05) is 25.3 Å². The van der Waals surface area contributed by atoms with Crippen molar-refractivity contribution in [1.29, 1.82) is 0 Å². The zero-order valence-electron chi connectivity index (χ0n) is 13.6. The lowest BCUT2D eigenvalue weighted by atomic mass is 10.1. The molecule has 1 N–H and O–H groups in total. The van der Waals surface area contributed by atoms with E-state index in [0.717, 1.165) is 11.4 Å². The van der Waals surface area contributed by atoms with Crippen LogP contribution < -0.4 is 10.3 Å². The van der Waals surface area contributed by atoms with E-state index >= 15 is 0 Å². The average Bonchev–Trinajstić information content (AvgIpc) is 2.56. The second-order valence-electron chi connectivity index (χ2n) is 5.10. The molecule has 0 radical (unpaired) electrons. The number of hydrogen-bond donors (Lipinski definition) is 1. The summed E-state index contributed by atoms with van der Waals surface area (Å²) in [4.78, 5) is 14.2. The van der Waals surface area contributed by atoms with Crippen molar-refractivity contribution in [2.75, 3.05) is 31.0 Å². The van der Waals surface area contributed by atoms with E-state index in [2.05, 4.69) is 10.5 Å². The van der Waals surface area contributed by atoms with Crippen LogP contribution in [0.4, 0.5) is 11.4 Å². The van der Waals surface area contributed by atoms with Crippen LogP contribution in [0.25, 0.3) is 0 Å². The predicted molar refractivity (Wildman–Crippen MR) is 94.0 cm³/mol. The van der Waals surface area contributed by atoms with Crippen molar-refractivity contribution in [3.05, 3.63) is 60.2 Å². The first-order chi connectivity index (χ1) is 11.1. The third kappa shape index (κ3) is 4.57. The van der Waals surface area contributed by atoms with Crippen molar-refractivity contribution in [2.24, 2.45) is 5.10 Å². The van der Waals surface area contributed by atoms with Gasteiger partial charge in [0.05, 0.1) is 12.3 Å². The summed E-state index contributed by atoms with van der Waals surface area (Å²) >= 11 is 0. The van der Waals surface area contributed by atoms with E-state index < -0.39 is 5.97 Å². The molecule has 120 valence electrons. The van der Waals surface area contributed by atoms with Crippen molar-refractivity contribution >= 4 is 23.1 Å². The summed E-state index contributed by atoms with van der Waals surface area (Å²) in [6.07, 6.45) is 0. The summed E-state index contributed by atoms with van der Waals surface area (Å²) in [5, 5.41) is 4.26. The maximum atomic E-state index is 12.2. The number of benzene rings is 2. The highest BCUT2D eigenvalue weighted by molar-refractivity contribution is 6.43. The quantitative estimate of drug-likeness (QED) is 0.506. The number of carbonyl (C=O) groups is 1. The molecule has 2 aromatic rings. The van der Waals surface area contributed by atoms with Crippen LogP contribution in [0.5, 0.6) is 0 Å². The molecule has 0 unspecified atom stereocenters. The number of hydrazone groups is 1. The Labute approximate surface area is 136 Å². The van der Waals surface area contributed by atoms with Crippen LogP contribution >= 0.6 is 0 Å². The fraction of sp³-hybridized carbons (Fsp3) is 0.222. The number of nitrogens with zero attached hydrogens (tertiary/aromatic N) is 2. The van der Waals surface area contributed by atoms with Crippen LogP contribution in [0.2, 0.25) is 0 Å². The first kappa shape index (κ1) is 16.5. The summed E-state index contributed by atoms with van der Waals surface area (Å²) in [5.41, 5.74) is 5.65. The van der Waals surface area contributed by atoms with Crippen molar-refractivity contribution in [1.82, 2.24) is 0 Å². The molecule has 0 aliphatic rings. The Hall–Kier alpha value is -2.82. The molecule has 0 spiro atoms. The van der Waals surface area contributed by atoms with E-state index in [4.69, 9.17) is 4.74 Å².